The van der Waals surface area contributed by atoms with Gasteiger partial charge in [0.1, 0.15) is 5.75 Å². The number of hydrogen-bond acceptors (Lipinski definition) is 3. The van der Waals surface area contributed by atoms with Gasteiger partial charge in [0, 0.05) is 26.3 Å². The van der Waals surface area contributed by atoms with Gasteiger partial charge in [0.15, 0.2) is 0 Å². The van der Waals surface area contributed by atoms with Gasteiger partial charge in [-0.1, -0.05) is 30.3 Å². The second kappa shape index (κ2) is 7.02. The summed E-state index contributed by atoms with van der Waals surface area (Å²) in [4.78, 5) is 6.41. The lowest BCUT2D eigenvalue weighted by Gasteiger charge is -2.12. The van der Waals surface area contributed by atoms with Crippen molar-refractivity contribution in [2.75, 3.05) is 6.61 Å². The molecule has 4 aromatic rings. The molecule has 2 nitrogen and oxygen atoms in total. The molecule has 4 heteroatoms. The summed E-state index contributed by atoms with van der Waals surface area (Å²) in [5.74, 6) is 0.913. The molecular weight excluding hydrogens is 370 g/mol. The Morgan fingerprint density at radius 2 is 1.52 bits per heavy atom. The van der Waals surface area contributed by atoms with Crippen molar-refractivity contribution in [3.05, 3.63) is 78.4 Å². The van der Waals surface area contributed by atoms with Crippen LogP contribution in [0.15, 0.2) is 82.6 Å². The van der Waals surface area contributed by atoms with Crippen molar-refractivity contribution >= 4 is 34.4 Å². The number of ether oxygens (including phenoxy) is 1. The Morgan fingerprint density at radius 1 is 0.852 bits per heavy atom. The number of aromatic nitrogens is 1. The minimum absolute atomic E-state index is 0.347. The normalized spacial score (nSPS) is 13.8. The van der Waals surface area contributed by atoms with Crippen molar-refractivity contribution < 1.29 is 4.74 Å². The molecule has 27 heavy (non-hydrogen) atoms. The fourth-order valence-corrected chi connectivity index (χ4v) is 6.51. The van der Waals surface area contributed by atoms with Crippen LogP contribution in [0, 0.1) is 0 Å². The summed E-state index contributed by atoms with van der Waals surface area (Å²) >= 11 is 3.89. The van der Waals surface area contributed by atoms with Crippen molar-refractivity contribution in [1.82, 2.24) is 4.98 Å². The van der Waals surface area contributed by atoms with Gasteiger partial charge in [-0.3, -0.25) is 0 Å². The van der Waals surface area contributed by atoms with Crippen LogP contribution in [0.5, 0.6) is 5.75 Å². The molecule has 0 unspecified atom stereocenters. The van der Waals surface area contributed by atoms with Crippen LogP contribution >= 0.6 is 23.5 Å². The van der Waals surface area contributed by atoms with Gasteiger partial charge in [0.25, 0.3) is 0 Å². The van der Waals surface area contributed by atoms with E-state index in [1.54, 1.807) is 0 Å². The molecule has 0 atom stereocenters. The monoisotopic (exact) mass is 389 g/mol. The first-order chi connectivity index (χ1) is 13.3. The average Bonchev–Trinajstić information content (AvgIpc) is 3.30. The van der Waals surface area contributed by atoms with Crippen molar-refractivity contribution in [2.45, 2.75) is 21.3 Å². The van der Waals surface area contributed by atoms with E-state index in [0.717, 1.165) is 5.75 Å². The number of para-hydroxylation sites is 1. The van der Waals surface area contributed by atoms with Crippen LogP contribution in [0.25, 0.3) is 22.2 Å². The molecule has 134 valence electrons. The highest BCUT2D eigenvalue weighted by molar-refractivity contribution is 8.19. The van der Waals surface area contributed by atoms with Gasteiger partial charge in [-0.25, -0.2) is 0 Å². The Bertz CT molecular complexity index is 1080. The lowest BCUT2D eigenvalue weighted by atomic mass is 10.1. The fraction of sp³-hybridized carbons (Fsp3) is 0.130. The van der Waals surface area contributed by atoms with E-state index in [1.165, 1.54) is 37.5 Å². The highest BCUT2D eigenvalue weighted by Crippen LogP contribution is 2.59. The van der Waals surface area contributed by atoms with E-state index in [-0.39, 0.29) is 0 Å². The maximum atomic E-state index is 5.61. The molecule has 0 saturated heterocycles. The molecule has 0 amide bonds. The molecule has 1 aromatic heterocycles. The van der Waals surface area contributed by atoms with E-state index in [9.17, 15) is 0 Å². The summed E-state index contributed by atoms with van der Waals surface area (Å²) in [6.45, 7) is 2.69. The number of H-pyrrole nitrogens is 1. The summed E-state index contributed by atoms with van der Waals surface area (Å²) < 4.78 is 5.96. The van der Waals surface area contributed by atoms with Crippen molar-refractivity contribution in [1.29, 1.82) is 0 Å². The lowest BCUT2D eigenvalue weighted by Crippen LogP contribution is -1.92. The third-order valence-electron chi connectivity index (χ3n) is 4.75. The zero-order valence-electron chi connectivity index (χ0n) is 14.9. The molecule has 0 radical (unpaired) electrons. The Kier molecular flexibility index (Phi) is 4.38. The lowest BCUT2D eigenvalue weighted by molar-refractivity contribution is 0.340. The summed E-state index contributed by atoms with van der Waals surface area (Å²) in [5.41, 5.74) is 4.97. The number of aromatic amines is 1. The smallest absolute Gasteiger partial charge is 0.119 e. The number of hydrogen-bond donors (Lipinski definition) is 1. The highest BCUT2D eigenvalue weighted by Gasteiger charge is 2.29. The SMILES string of the molecule is CCOc1ccc(-c2[nH]c3ccccc3c2C2Sc3ccccc3S2)cc1. The zero-order chi connectivity index (χ0) is 18.2. The molecule has 0 bridgehead atoms. The average molecular weight is 390 g/mol. The number of fused-ring (bicyclic) bond motifs is 2. The highest BCUT2D eigenvalue weighted by atomic mass is 32.2. The van der Waals surface area contributed by atoms with Gasteiger partial charge >= 0.3 is 0 Å². The van der Waals surface area contributed by atoms with Gasteiger partial charge < -0.3 is 9.72 Å². The second-order valence-corrected chi connectivity index (χ2v) is 9.02. The van der Waals surface area contributed by atoms with Crippen LogP contribution in [0.2, 0.25) is 0 Å². The molecule has 2 heterocycles. The number of thioether (sulfide) groups is 2. The summed E-state index contributed by atoms with van der Waals surface area (Å²) in [7, 11) is 0. The van der Waals surface area contributed by atoms with E-state index in [0.29, 0.717) is 11.2 Å². The Hall–Kier alpha value is -2.30. The standard InChI is InChI=1S/C23H19NOS2/c1-2-25-16-13-11-15(12-14-16)22-21(17-7-3-4-8-18(17)24-22)23-26-19-9-5-6-10-20(19)27-23/h3-14,23-24H,2H2,1H3. The van der Waals surface area contributed by atoms with E-state index in [1.807, 2.05) is 30.4 Å². The first-order valence-corrected chi connectivity index (χ1v) is 10.9. The van der Waals surface area contributed by atoms with Gasteiger partial charge in [0.2, 0.25) is 0 Å². The third kappa shape index (κ3) is 3.03. The second-order valence-electron chi connectivity index (χ2n) is 6.43. The minimum atomic E-state index is 0.347. The fourth-order valence-electron chi connectivity index (χ4n) is 3.54. The van der Waals surface area contributed by atoms with Crippen LogP contribution < -0.4 is 4.74 Å². The largest absolute Gasteiger partial charge is 0.494 e. The van der Waals surface area contributed by atoms with E-state index < -0.39 is 0 Å². The van der Waals surface area contributed by atoms with Crippen LogP contribution in [-0.2, 0) is 0 Å². The predicted octanol–water partition coefficient (Wildman–Crippen LogP) is 7.13. The van der Waals surface area contributed by atoms with Gasteiger partial charge in [-0.15, -0.1) is 23.5 Å². The van der Waals surface area contributed by atoms with Crippen LogP contribution in [0.1, 0.15) is 17.1 Å². The molecule has 1 aliphatic rings. The molecular formula is C23H19NOS2. The third-order valence-corrected chi connectivity index (χ3v) is 7.58. The summed E-state index contributed by atoms with van der Waals surface area (Å²) in [5, 5.41) is 1.30. The molecule has 5 rings (SSSR count). The first kappa shape index (κ1) is 16.8. The predicted molar refractivity (Wildman–Crippen MR) is 116 cm³/mol. The van der Waals surface area contributed by atoms with Crippen molar-refractivity contribution in [3.63, 3.8) is 0 Å². The quantitative estimate of drug-likeness (QED) is 0.402. The Labute approximate surface area is 167 Å². The maximum absolute atomic E-state index is 5.61. The molecule has 0 saturated carbocycles. The van der Waals surface area contributed by atoms with Crippen LogP contribution in [0.3, 0.4) is 0 Å². The van der Waals surface area contributed by atoms with Crippen molar-refractivity contribution in [3.8, 4) is 17.0 Å². The maximum Gasteiger partial charge on any atom is 0.119 e. The number of rotatable bonds is 4. The van der Waals surface area contributed by atoms with Gasteiger partial charge in [0.05, 0.1) is 16.9 Å². The van der Waals surface area contributed by atoms with Crippen LogP contribution in [0.4, 0.5) is 0 Å². The van der Waals surface area contributed by atoms with Gasteiger partial charge in [-0.05, 0) is 55.0 Å². The zero-order valence-corrected chi connectivity index (χ0v) is 16.6. The van der Waals surface area contributed by atoms with Gasteiger partial charge in [-0.2, -0.15) is 0 Å². The Morgan fingerprint density at radius 3 is 2.22 bits per heavy atom. The van der Waals surface area contributed by atoms with E-state index in [2.05, 4.69) is 77.8 Å². The first-order valence-electron chi connectivity index (χ1n) is 9.09. The number of nitrogens with one attached hydrogen (secondary N) is 1. The van der Waals surface area contributed by atoms with E-state index in [4.69, 9.17) is 4.74 Å². The molecule has 1 N–H and O–H groups in total. The van der Waals surface area contributed by atoms with E-state index >= 15 is 0 Å². The summed E-state index contributed by atoms with van der Waals surface area (Å²) in [6.07, 6.45) is 0. The molecule has 3 aromatic carbocycles. The number of benzene rings is 3. The summed E-state index contributed by atoms with van der Waals surface area (Å²) in [6, 6.07) is 25.7. The Balaban J connectivity index is 1.62. The minimum Gasteiger partial charge on any atom is -0.494 e. The van der Waals surface area contributed by atoms with Crippen molar-refractivity contribution in [2.24, 2.45) is 0 Å². The molecule has 1 aliphatic heterocycles. The van der Waals surface area contributed by atoms with Crippen LogP contribution in [-0.4, -0.2) is 11.6 Å². The molecule has 0 fully saturated rings. The topological polar surface area (TPSA) is 25.0 Å². The molecule has 0 aliphatic carbocycles. The molecule has 0 spiro atoms.